The Morgan fingerprint density at radius 1 is 1.11 bits per heavy atom. The number of nitrogens with zero attached hydrogens (tertiary/aromatic N) is 4. The van der Waals surface area contributed by atoms with Gasteiger partial charge in [0.2, 0.25) is 5.91 Å². The van der Waals surface area contributed by atoms with E-state index in [1.165, 1.54) is 11.1 Å². The molecule has 1 fully saturated rings. The molecule has 1 saturated heterocycles. The van der Waals surface area contributed by atoms with Gasteiger partial charge in [-0.1, -0.05) is 24.3 Å². The minimum Gasteiger partial charge on any atom is -0.349 e. The quantitative estimate of drug-likeness (QED) is 0.771. The molecule has 1 aliphatic rings. The number of carbonyl (C=O) groups is 2. The van der Waals surface area contributed by atoms with Crippen LogP contribution in [-0.2, 0) is 24.7 Å². The van der Waals surface area contributed by atoms with Gasteiger partial charge < -0.3 is 14.4 Å². The van der Waals surface area contributed by atoms with Crippen molar-refractivity contribution in [3.05, 3.63) is 53.6 Å². The lowest BCUT2D eigenvalue weighted by atomic mass is 9.89. The number of piperidine rings is 1. The average molecular weight is 383 g/mol. The Hall–Kier alpha value is -2.63. The van der Waals surface area contributed by atoms with Gasteiger partial charge in [-0.15, -0.1) is 0 Å². The van der Waals surface area contributed by atoms with Gasteiger partial charge in [-0.25, -0.2) is 4.98 Å². The molecule has 0 spiro atoms. The van der Waals surface area contributed by atoms with Gasteiger partial charge in [0, 0.05) is 53.0 Å². The second kappa shape index (κ2) is 9.04. The van der Waals surface area contributed by atoms with Gasteiger partial charge >= 0.3 is 0 Å². The number of benzene rings is 1. The van der Waals surface area contributed by atoms with Crippen LogP contribution >= 0.6 is 0 Å². The predicted molar refractivity (Wildman–Crippen MR) is 109 cm³/mol. The van der Waals surface area contributed by atoms with Gasteiger partial charge in [0.05, 0.1) is 0 Å². The molecule has 3 rings (SSSR count). The van der Waals surface area contributed by atoms with Crippen molar-refractivity contribution in [1.29, 1.82) is 0 Å². The zero-order chi connectivity index (χ0) is 20.1. The number of likely N-dealkylation sites (tertiary alicyclic amines) is 1. The molecule has 1 aromatic carbocycles. The Labute approximate surface area is 167 Å². The third-order valence-corrected chi connectivity index (χ3v) is 5.59. The van der Waals surface area contributed by atoms with Gasteiger partial charge in [-0.3, -0.25) is 9.59 Å². The topological polar surface area (TPSA) is 58.4 Å². The predicted octanol–water partition coefficient (Wildman–Crippen LogP) is 2.54. The van der Waals surface area contributed by atoms with Crippen molar-refractivity contribution < 1.29 is 9.59 Å². The van der Waals surface area contributed by atoms with Gasteiger partial charge in [-0.2, -0.15) is 0 Å². The summed E-state index contributed by atoms with van der Waals surface area (Å²) in [6, 6.07) is 8.64. The van der Waals surface area contributed by atoms with Crippen LogP contribution in [0.4, 0.5) is 0 Å². The van der Waals surface area contributed by atoms with Crippen LogP contribution in [0.1, 0.15) is 41.0 Å². The maximum Gasteiger partial charge on any atom is 0.289 e. The van der Waals surface area contributed by atoms with Crippen LogP contribution in [0.3, 0.4) is 0 Å². The molecule has 0 bridgehead atoms. The molecule has 6 heteroatoms. The number of imidazole rings is 1. The summed E-state index contributed by atoms with van der Waals surface area (Å²) in [5, 5.41) is 0. The number of amides is 2. The Balaban J connectivity index is 1.46. The zero-order valence-electron chi connectivity index (χ0n) is 17.1. The van der Waals surface area contributed by atoms with E-state index in [2.05, 4.69) is 29.2 Å². The minimum absolute atomic E-state index is 0.0302. The Kier molecular flexibility index (Phi) is 6.49. The molecule has 0 saturated carbocycles. The van der Waals surface area contributed by atoms with Crippen molar-refractivity contribution in [2.45, 2.75) is 32.1 Å². The van der Waals surface area contributed by atoms with E-state index in [9.17, 15) is 9.59 Å². The maximum atomic E-state index is 12.6. The molecule has 2 aromatic rings. The number of aryl methyl sites for hydroxylation is 2. The lowest BCUT2D eigenvalue weighted by Crippen LogP contribution is -2.39. The van der Waals surface area contributed by atoms with Gasteiger partial charge in [0.25, 0.3) is 5.91 Å². The molecule has 0 atom stereocenters. The fourth-order valence-corrected chi connectivity index (χ4v) is 3.70. The molecule has 2 heterocycles. The number of aromatic nitrogens is 2. The Morgan fingerprint density at radius 3 is 2.32 bits per heavy atom. The zero-order valence-corrected chi connectivity index (χ0v) is 17.1. The molecule has 150 valence electrons. The lowest BCUT2D eigenvalue weighted by molar-refractivity contribution is -0.128. The van der Waals surface area contributed by atoms with Crippen LogP contribution < -0.4 is 0 Å². The van der Waals surface area contributed by atoms with E-state index >= 15 is 0 Å². The molecule has 0 unspecified atom stereocenters. The summed E-state index contributed by atoms with van der Waals surface area (Å²) in [6.45, 7) is 1.59. The molecule has 28 heavy (non-hydrogen) atoms. The third-order valence-electron chi connectivity index (χ3n) is 5.59. The van der Waals surface area contributed by atoms with Crippen LogP contribution in [0, 0.1) is 5.92 Å². The van der Waals surface area contributed by atoms with E-state index in [-0.39, 0.29) is 11.8 Å². The number of hydrogen-bond acceptors (Lipinski definition) is 3. The number of hydrogen-bond donors (Lipinski definition) is 0. The van der Waals surface area contributed by atoms with Gasteiger partial charge in [0.1, 0.15) is 0 Å². The fourth-order valence-electron chi connectivity index (χ4n) is 3.70. The van der Waals surface area contributed by atoms with E-state index in [1.807, 2.05) is 11.9 Å². The van der Waals surface area contributed by atoms with E-state index in [1.54, 1.807) is 36.0 Å². The fraction of sp³-hybridized carbons (Fsp3) is 0.500. The summed E-state index contributed by atoms with van der Waals surface area (Å²) in [4.78, 5) is 32.0. The lowest BCUT2D eigenvalue weighted by Gasteiger charge is -2.31. The largest absolute Gasteiger partial charge is 0.349 e. The van der Waals surface area contributed by atoms with E-state index in [0.717, 1.165) is 38.8 Å². The highest BCUT2D eigenvalue weighted by Crippen LogP contribution is 2.23. The van der Waals surface area contributed by atoms with E-state index < -0.39 is 0 Å². The van der Waals surface area contributed by atoms with Crippen LogP contribution in [-0.4, -0.2) is 58.4 Å². The molecular formula is C22H30N4O2. The van der Waals surface area contributed by atoms with Crippen molar-refractivity contribution in [2.75, 3.05) is 27.2 Å². The monoisotopic (exact) mass is 382 g/mol. The van der Waals surface area contributed by atoms with Crippen LogP contribution in [0.25, 0.3) is 0 Å². The standard InChI is InChI=1S/C22H30N4O2/c1-24(2)20(27)9-8-17-4-6-18(7-5-17)16-19-10-13-26(14-11-19)22(28)21-23-12-15-25(21)3/h4-7,12,15,19H,8-11,13-14,16H2,1-3H3. The van der Waals surface area contributed by atoms with Crippen molar-refractivity contribution in [3.63, 3.8) is 0 Å². The second-order valence-corrected chi connectivity index (χ2v) is 7.91. The number of rotatable bonds is 6. The molecule has 2 amide bonds. The SMILES string of the molecule is CN(C)C(=O)CCc1ccc(CC2CCN(C(=O)c3nccn3C)CC2)cc1. The molecule has 6 nitrogen and oxygen atoms in total. The first-order valence-corrected chi connectivity index (χ1v) is 9.98. The third kappa shape index (κ3) is 5.00. The maximum absolute atomic E-state index is 12.6. The Morgan fingerprint density at radius 2 is 1.75 bits per heavy atom. The average Bonchev–Trinajstić information content (AvgIpc) is 3.13. The first-order chi connectivity index (χ1) is 13.4. The minimum atomic E-state index is 0.0302. The van der Waals surface area contributed by atoms with E-state index in [0.29, 0.717) is 18.2 Å². The van der Waals surface area contributed by atoms with Crippen LogP contribution in [0.15, 0.2) is 36.7 Å². The molecule has 1 aromatic heterocycles. The van der Waals surface area contributed by atoms with E-state index in [4.69, 9.17) is 0 Å². The van der Waals surface area contributed by atoms with Gasteiger partial charge in [-0.05, 0) is 42.7 Å². The summed E-state index contributed by atoms with van der Waals surface area (Å²) in [6.07, 6.45) is 7.89. The summed E-state index contributed by atoms with van der Waals surface area (Å²) < 4.78 is 1.78. The van der Waals surface area contributed by atoms with Crippen LogP contribution in [0.2, 0.25) is 0 Å². The number of carbonyl (C=O) groups excluding carboxylic acids is 2. The molecule has 1 aliphatic heterocycles. The molecular weight excluding hydrogens is 352 g/mol. The first kappa shape index (κ1) is 20.1. The summed E-state index contributed by atoms with van der Waals surface area (Å²) in [7, 11) is 5.44. The highest BCUT2D eigenvalue weighted by molar-refractivity contribution is 5.90. The summed E-state index contributed by atoms with van der Waals surface area (Å²) in [5.74, 6) is 1.31. The van der Waals surface area contributed by atoms with Crippen LogP contribution in [0.5, 0.6) is 0 Å². The van der Waals surface area contributed by atoms with Crippen molar-refractivity contribution in [1.82, 2.24) is 19.4 Å². The summed E-state index contributed by atoms with van der Waals surface area (Å²) >= 11 is 0. The van der Waals surface area contributed by atoms with Crippen molar-refractivity contribution in [2.24, 2.45) is 13.0 Å². The van der Waals surface area contributed by atoms with Gasteiger partial charge in [0.15, 0.2) is 5.82 Å². The van der Waals surface area contributed by atoms with Crippen molar-refractivity contribution in [3.8, 4) is 0 Å². The Bertz CT molecular complexity index is 802. The highest BCUT2D eigenvalue weighted by atomic mass is 16.2. The first-order valence-electron chi connectivity index (χ1n) is 9.98. The smallest absolute Gasteiger partial charge is 0.289 e. The molecule has 0 radical (unpaired) electrons. The normalized spacial score (nSPS) is 14.9. The molecule has 0 N–H and O–H groups in total. The summed E-state index contributed by atoms with van der Waals surface area (Å²) in [5.41, 5.74) is 2.53. The second-order valence-electron chi connectivity index (χ2n) is 7.91. The highest BCUT2D eigenvalue weighted by Gasteiger charge is 2.25. The van der Waals surface area contributed by atoms with Crippen molar-refractivity contribution >= 4 is 11.8 Å². The molecule has 0 aliphatic carbocycles.